The van der Waals surface area contributed by atoms with Crippen LogP contribution in [0.3, 0.4) is 0 Å². The number of aryl methyl sites for hydroxylation is 1. The third kappa shape index (κ3) is 2.49. The lowest BCUT2D eigenvalue weighted by Gasteiger charge is -2.30. The van der Waals surface area contributed by atoms with E-state index in [0.717, 1.165) is 37.3 Å². The molecule has 1 aromatic rings. The van der Waals surface area contributed by atoms with Crippen molar-refractivity contribution < 1.29 is 0 Å². The molecule has 4 nitrogen and oxygen atoms in total. The molecule has 1 aliphatic rings. The molecule has 1 aromatic heterocycles. The Morgan fingerprint density at radius 1 is 1.39 bits per heavy atom. The Labute approximate surface area is 108 Å². The number of fused-ring (bicyclic) bond motifs is 1. The summed E-state index contributed by atoms with van der Waals surface area (Å²) in [5.41, 5.74) is 9.98. The Bertz CT molecular complexity index is 479. The minimum Gasteiger partial charge on any atom is -0.326 e. The summed E-state index contributed by atoms with van der Waals surface area (Å²) >= 11 is 0. The highest BCUT2D eigenvalue weighted by Crippen LogP contribution is 2.22. The maximum Gasteiger partial charge on any atom is 0.252 e. The van der Waals surface area contributed by atoms with E-state index >= 15 is 0 Å². The standard InChI is InChI=1S/C14H23N3O/c1-3-4-6-17-7-5-11-12(8-15)14(18)16-10(2)13(11)9-17/h3-9,15H2,1-2H3,(H,16,18). The highest BCUT2D eigenvalue weighted by atomic mass is 16.1. The number of H-pyrrole nitrogens is 1. The summed E-state index contributed by atoms with van der Waals surface area (Å²) < 4.78 is 0. The fourth-order valence-electron chi connectivity index (χ4n) is 2.74. The van der Waals surface area contributed by atoms with Crippen molar-refractivity contribution in [1.29, 1.82) is 0 Å². The maximum absolute atomic E-state index is 11.8. The van der Waals surface area contributed by atoms with E-state index in [9.17, 15) is 4.79 Å². The number of nitrogens with two attached hydrogens (primary N) is 1. The molecule has 2 rings (SSSR count). The lowest BCUT2D eigenvalue weighted by Crippen LogP contribution is -2.35. The lowest BCUT2D eigenvalue weighted by atomic mass is 9.94. The van der Waals surface area contributed by atoms with E-state index < -0.39 is 0 Å². The highest BCUT2D eigenvalue weighted by molar-refractivity contribution is 5.38. The Hall–Kier alpha value is -1.13. The van der Waals surface area contributed by atoms with Gasteiger partial charge in [-0.25, -0.2) is 0 Å². The van der Waals surface area contributed by atoms with Crippen molar-refractivity contribution in [3.05, 3.63) is 32.7 Å². The van der Waals surface area contributed by atoms with E-state index in [0.29, 0.717) is 6.54 Å². The quantitative estimate of drug-likeness (QED) is 0.845. The summed E-state index contributed by atoms with van der Waals surface area (Å²) in [4.78, 5) is 17.2. The van der Waals surface area contributed by atoms with Gasteiger partial charge in [-0.05, 0) is 37.4 Å². The van der Waals surface area contributed by atoms with Crippen LogP contribution in [0, 0.1) is 6.92 Å². The molecule has 2 heterocycles. The Morgan fingerprint density at radius 3 is 2.83 bits per heavy atom. The first-order valence-electron chi connectivity index (χ1n) is 6.83. The molecule has 0 radical (unpaired) electrons. The van der Waals surface area contributed by atoms with Gasteiger partial charge >= 0.3 is 0 Å². The average Bonchev–Trinajstić information content (AvgIpc) is 2.37. The molecule has 1 aliphatic heterocycles. The summed E-state index contributed by atoms with van der Waals surface area (Å²) in [6.07, 6.45) is 3.42. The van der Waals surface area contributed by atoms with Crippen LogP contribution in [0.25, 0.3) is 0 Å². The average molecular weight is 249 g/mol. The predicted octanol–water partition coefficient (Wildman–Crippen LogP) is 1.30. The molecule has 0 aromatic carbocycles. The van der Waals surface area contributed by atoms with Crippen LogP contribution in [0.15, 0.2) is 4.79 Å². The molecule has 0 bridgehead atoms. The molecule has 18 heavy (non-hydrogen) atoms. The van der Waals surface area contributed by atoms with Gasteiger partial charge in [-0.15, -0.1) is 0 Å². The third-order valence-electron chi connectivity index (χ3n) is 3.85. The van der Waals surface area contributed by atoms with Gasteiger partial charge < -0.3 is 10.7 Å². The minimum atomic E-state index is -0.00393. The molecule has 0 saturated heterocycles. The summed E-state index contributed by atoms with van der Waals surface area (Å²) in [7, 11) is 0. The molecule has 0 aliphatic carbocycles. The van der Waals surface area contributed by atoms with Gasteiger partial charge in [-0.1, -0.05) is 13.3 Å². The Morgan fingerprint density at radius 2 is 2.17 bits per heavy atom. The van der Waals surface area contributed by atoms with Crippen LogP contribution in [0.4, 0.5) is 0 Å². The SMILES string of the molecule is CCCCN1CCc2c(c(C)[nH]c(=O)c2CN)C1. The number of aromatic nitrogens is 1. The molecule has 0 amide bonds. The predicted molar refractivity (Wildman–Crippen MR) is 73.6 cm³/mol. The summed E-state index contributed by atoms with van der Waals surface area (Å²) in [6, 6.07) is 0. The number of aromatic amines is 1. The number of unbranched alkanes of at least 4 members (excludes halogenated alkanes) is 1. The summed E-state index contributed by atoms with van der Waals surface area (Å²) in [5.74, 6) is 0. The molecule has 3 N–H and O–H groups in total. The number of nitrogens with zero attached hydrogens (tertiary/aromatic N) is 1. The van der Waals surface area contributed by atoms with Crippen molar-refractivity contribution in [3.63, 3.8) is 0 Å². The summed E-state index contributed by atoms with van der Waals surface area (Å²) in [6.45, 7) is 7.68. The van der Waals surface area contributed by atoms with Crippen molar-refractivity contribution in [1.82, 2.24) is 9.88 Å². The second-order valence-corrected chi connectivity index (χ2v) is 5.10. The van der Waals surface area contributed by atoms with Crippen LogP contribution in [0.1, 0.15) is 42.1 Å². The third-order valence-corrected chi connectivity index (χ3v) is 3.85. The van der Waals surface area contributed by atoms with E-state index in [2.05, 4.69) is 16.8 Å². The second-order valence-electron chi connectivity index (χ2n) is 5.10. The van der Waals surface area contributed by atoms with Crippen LogP contribution in [0.5, 0.6) is 0 Å². The van der Waals surface area contributed by atoms with Crippen molar-refractivity contribution in [3.8, 4) is 0 Å². The van der Waals surface area contributed by atoms with Gasteiger partial charge in [0.15, 0.2) is 0 Å². The van der Waals surface area contributed by atoms with Crippen molar-refractivity contribution in [2.24, 2.45) is 5.73 Å². The molecule has 0 saturated carbocycles. The van der Waals surface area contributed by atoms with E-state index in [1.807, 2.05) is 6.92 Å². The minimum absolute atomic E-state index is 0.00393. The Balaban J connectivity index is 2.30. The molecule has 100 valence electrons. The van der Waals surface area contributed by atoms with Gasteiger partial charge in [0.05, 0.1) is 0 Å². The van der Waals surface area contributed by atoms with Crippen molar-refractivity contribution >= 4 is 0 Å². The van der Waals surface area contributed by atoms with Gasteiger partial charge in [-0.3, -0.25) is 9.69 Å². The monoisotopic (exact) mass is 249 g/mol. The number of hydrogen-bond donors (Lipinski definition) is 2. The van der Waals surface area contributed by atoms with Gasteiger partial charge in [0.1, 0.15) is 0 Å². The zero-order chi connectivity index (χ0) is 13.1. The van der Waals surface area contributed by atoms with Gasteiger partial charge in [0.25, 0.3) is 5.56 Å². The molecular weight excluding hydrogens is 226 g/mol. The van der Waals surface area contributed by atoms with Gasteiger partial charge in [0.2, 0.25) is 0 Å². The van der Waals surface area contributed by atoms with E-state index in [4.69, 9.17) is 5.73 Å². The first-order chi connectivity index (χ1) is 8.67. The largest absolute Gasteiger partial charge is 0.326 e. The van der Waals surface area contributed by atoms with Crippen LogP contribution in [-0.2, 0) is 19.5 Å². The van der Waals surface area contributed by atoms with Crippen LogP contribution in [-0.4, -0.2) is 23.0 Å². The zero-order valence-corrected chi connectivity index (χ0v) is 11.4. The zero-order valence-electron chi connectivity index (χ0n) is 11.4. The smallest absolute Gasteiger partial charge is 0.252 e. The fraction of sp³-hybridized carbons (Fsp3) is 0.643. The van der Waals surface area contributed by atoms with Crippen molar-refractivity contribution in [2.45, 2.75) is 46.2 Å². The molecule has 0 spiro atoms. The van der Waals surface area contributed by atoms with Gasteiger partial charge in [-0.2, -0.15) is 0 Å². The van der Waals surface area contributed by atoms with Crippen LogP contribution >= 0.6 is 0 Å². The molecule has 0 fully saturated rings. The number of rotatable bonds is 4. The second kappa shape index (κ2) is 5.67. The normalized spacial score (nSPS) is 15.7. The molecule has 0 atom stereocenters. The van der Waals surface area contributed by atoms with E-state index in [-0.39, 0.29) is 5.56 Å². The van der Waals surface area contributed by atoms with E-state index in [1.165, 1.54) is 24.0 Å². The highest BCUT2D eigenvalue weighted by Gasteiger charge is 2.21. The van der Waals surface area contributed by atoms with E-state index in [1.54, 1.807) is 0 Å². The van der Waals surface area contributed by atoms with Crippen LogP contribution < -0.4 is 11.3 Å². The Kier molecular flexibility index (Phi) is 4.19. The lowest BCUT2D eigenvalue weighted by molar-refractivity contribution is 0.248. The topological polar surface area (TPSA) is 62.1 Å². The number of nitrogens with one attached hydrogen (secondary N) is 1. The molecular formula is C14H23N3O. The summed E-state index contributed by atoms with van der Waals surface area (Å²) in [5, 5.41) is 0. The van der Waals surface area contributed by atoms with Crippen LogP contribution in [0.2, 0.25) is 0 Å². The molecule has 0 unspecified atom stereocenters. The van der Waals surface area contributed by atoms with Crippen molar-refractivity contribution in [2.75, 3.05) is 13.1 Å². The number of hydrogen-bond acceptors (Lipinski definition) is 3. The van der Waals surface area contributed by atoms with Gasteiger partial charge in [0, 0.05) is 30.9 Å². The first kappa shape index (κ1) is 13.3. The first-order valence-corrected chi connectivity index (χ1v) is 6.83. The molecule has 4 heteroatoms. The fourth-order valence-corrected chi connectivity index (χ4v) is 2.74. The maximum atomic E-state index is 11.8. The number of pyridine rings is 1.